The molecule has 1 aromatic carbocycles. The van der Waals surface area contributed by atoms with Crippen molar-refractivity contribution in [3.63, 3.8) is 0 Å². The van der Waals surface area contributed by atoms with Gasteiger partial charge in [0.2, 0.25) is 5.91 Å². The van der Waals surface area contributed by atoms with E-state index >= 15 is 0 Å². The monoisotopic (exact) mass is 349 g/mol. The van der Waals surface area contributed by atoms with Crippen molar-refractivity contribution in [2.24, 2.45) is 5.92 Å². The zero-order valence-electron chi connectivity index (χ0n) is 14.6. The highest BCUT2D eigenvalue weighted by molar-refractivity contribution is 6.30. The lowest BCUT2D eigenvalue weighted by Gasteiger charge is -2.37. The molecule has 0 N–H and O–H groups in total. The Bertz CT molecular complexity index is 557. The molecule has 132 valence electrons. The summed E-state index contributed by atoms with van der Waals surface area (Å²) < 4.78 is 0. The fourth-order valence-electron chi connectivity index (χ4n) is 3.79. The lowest BCUT2D eigenvalue weighted by atomic mass is 10.0. The second kappa shape index (κ2) is 8.21. The average Bonchev–Trinajstić information content (AvgIpc) is 2.60. The van der Waals surface area contributed by atoms with Gasteiger partial charge in [0, 0.05) is 56.4 Å². The number of carbonyl (C=O) groups excluding carboxylic acids is 1. The molecule has 2 aliphatic rings. The molecule has 2 saturated heterocycles. The van der Waals surface area contributed by atoms with Crippen LogP contribution in [0.25, 0.3) is 0 Å². The lowest BCUT2D eigenvalue weighted by Crippen LogP contribution is -2.49. The molecule has 0 aromatic heterocycles. The van der Waals surface area contributed by atoms with Crippen LogP contribution in [0.5, 0.6) is 0 Å². The summed E-state index contributed by atoms with van der Waals surface area (Å²) >= 11 is 6.07. The van der Waals surface area contributed by atoms with Crippen LogP contribution in [0.15, 0.2) is 24.3 Å². The molecule has 3 rings (SSSR count). The Morgan fingerprint density at radius 2 is 2.00 bits per heavy atom. The third-order valence-corrected chi connectivity index (χ3v) is 5.42. The van der Waals surface area contributed by atoms with Gasteiger partial charge in [-0.1, -0.05) is 24.6 Å². The van der Waals surface area contributed by atoms with Gasteiger partial charge in [-0.15, -0.1) is 0 Å². The van der Waals surface area contributed by atoms with Gasteiger partial charge in [0.05, 0.1) is 0 Å². The van der Waals surface area contributed by atoms with Crippen molar-refractivity contribution in [2.45, 2.75) is 26.2 Å². The maximum Gasteiger partial charge on any atom is 0.223 e. The Balaban J connectivity index is 1.43. The Morgan fingerprint density at radius 3 is 2.71 bits per heavy atom. The molecule has 2 fully saturated rings. The molecule has 1 atom stereocenters. The molecule has 0 spiro atoms. The largest absolute Gasteiger partial charge is 0.368 e. The summed E-state index contributed by atoms with van der Waals surface area (Å²) in [5, 5.41) is 0.766. The molecule has 0 bridgehead atoms. The van der Waals surface area contributed by atoms with Gasteiger partial charge in [-0.3, -0.25) is 4.79 Å². The first-order chi connectivity index (χ1) is 11.6. The van der Waals surface area contributed by atoms with Gasteiger partial charge in [-0.05, 0) is 43.5 Å². The maximum absolute atomic E-state index is 12.5. The van der Waals surface area contributed by atoms with E-state index in [1.807, 2.05) is 23.1 Å². The van der Waals surface area contributed by atoms with Gasteiger partial charge in [-0.2, -0.15) is 0 Å². The van der Waals surface area contributed by atoms with Gasteiger partial charge in [0.1, 0.15) is 0 Å². The summed E-state index contributed by atoms with van der Waals surface area (Å²) in [4.78, 5) is 19.3. The first-order valence-corrected chi connectivity index (χ1v) is 9.50. The summed E-state index contributed by atoms with van der Waals surface area (Å²) in [5.74, 6) is 1.08. The number of halogens is 1. The van der Waals surface area contributed by atoms with Crippen LogP contribution in [0.2, 0.25) is 5.02 Å². The molecule has 4 nitrogen and oxygen atoms in total. The summed E-state index contributed by atoms with van der Waals surface area (Å²) in [6.45, 7) is 8.90. The molecule has 24 heavy (non-hydrogen) atoms. The number of piperidine rings is 1. The van der Waals surface area contributed by atoms with E-state index in [1.165, 1.54) is 12.8 Å². The van der Waals surface area contributed by atoms with Crippen molar-refractivity contribution in [1.82, 2.24) is 9.80 Å². The Hall–Kier alpha value is -1.26. The number of carbonyl (C=O) groups is 1. The second-order valence-corrected chi connectivity index (χ2v) is 7.58. The van der Waals surface area contributed by atoms with Crippen molar-refractivity contribution in [3.8, 4) is 0 Å². The molecule has 1 amide bonds. The van der Waals surface area contributed by atoms with Crippen LogP contribution < -0.4 is 4.90 Å². The minimum absolute atomic E-state index is 0.305. The van der Waals surface area contributed by atoms with Gasteiger partial charge in [0.25, 0.3) is 0 Å². The van der Waals surface area contributed by atoms with Crippen molar-refractivity contribution < 1.29 is 4.79 Å². The van der Waals surface area contributed by atoms with Crippen molar-refractivity contribution >= 4 is 23.2 Å². The standard InChI is InChI=1S/C19H28ClN3O/c1-16-4-3-8-21(15-16)9-7-19(24)23-12-10-22(11-13-23)18-6-2-5-17(20)14-18/h2,5-6,14,16H,3-4,7-13,15H2,1H3/t16-/m1/s1. The number of hydrogen-bond acceptors (Lipinski definition) is 3. The molecule has 0 radical (unpaired) electrons. The van der Waals surface area contributed by atoms with Crippen LogP contribution in [0.4, 0.5) is 5.69 Å². The number of amides is 1. The zero-order valence-corrected chi connectivity index (χ0v) is 15.3. The summed E-state index contributed by atoms with van der Waals surface area (Å²) in [7, 11) is 0. The predicted molar refractivity (Wildman–Crippen MR) is 99.7 cm³/mol. The summed E-state index contributed by atoms with van der Waals surface area (Å²) in [5.41, 5.74) is 1.15. The molecular formula is C19H28ClN3O. The van der Waals surface area contributed by atoms with E-state index in [0.29, 0.717) is 12.3 Å². The quantitative estimate of drug-likeness (QED) is 0.835. The molecule has 0 aliphatic carbocycles. The first-order valence-electron chi connectivity index (χ1n) is 9.12. The zero-order chi connectivity index (χ0) is 16.9. The third kappa shape index (κ3) is 4.64. The molecule has 2 aliphatic heterocycles. The summed E-state index contributed by atoms with van der Waals surface area (Å²) in [6, 6.07) is 7.96. The molecule has 0 saturated carbocycles. The van der Waals surface area contributed by atoms with E-state index < -0.39 is 0 Å². The Kier molecular flexibility index (Phi) is 6.01. The molecule has 1 aromatic rings. The van der Waals surface area contributed by atoms with E-state index in [4.69, 9.17) is 11.6 Å². The fourth-order valence-corrected chi connectivity index (χ4v) is 3.97. The average molecular weight is 350 g/mol. The van der Waals surface area contributed by atoms with Gasteiger partial charge < -0.3 is 14.7 Å². The van der Waals surface area contributed by atoms with Crippen LogP contribution in [0, 0.1) is 5.92 Å². The van der Waals surface area contributed by atoms with E-state index in [9.17, 15) is 4.79 Å². The molecule has 5 heteroatoms. The Morgan fingerprint density at radius 1 is 1.21 bits per heavy atom. The number of rotatable bonds is 4. The van der Waals surface area contributed by atoms with Crippen LogP contribution >= 0.6 is 11.6 Å². The number of nitrogens with zero attached hydrogens (tertiary/aromatic N) is 3. The van der Waals surface area contributed by atoms with Gasteiger partial charge in [-0.25, -0.2) is 0 Å². The topological polar surface area (TPSA) is 26.8 Å². The Labute approximate surface area is 150 Å². The van der Waals surface area contributed by atoms with Gasteiger partial charge in [0.15, 0.2) is 0 Å². The molecule has 2 heterocycles. The van der Waals surface area contributed by atoms with Crippen LogP contribution in [0.3, 0.4) is 0 Å². The van der Waals surface area contributed by atoms with Crippen LogP contribution in [-0.4, -0.2) is 61.5 Å². The van der Waals surface area contributed by atoms with Crippen LogP contribution in [-0.2, 0) is 4.79 Å². The van der Waals surface area contributed by atoms with E-state index in [-0.39, 0.29) is 0 Å². The number of anilines is 1. The number of hydrogen-bond donors (Lipinski definition) is 0. The first kappa shape index (κ1) is 17.6. The predicted octanol–water partition coefficient (Wildman–Crippen LogP) is 3.11. The highest BCUT2D eigenvalue weighted by Gasteiger charge is 2.23. The van der Waals surface area contributed by atoms with Crippen molar-refractivity contribution in [3.05, 3.63) is 29.3 Å². The normalized spacial score (nSPS) is 22.7. The smallest absolute Gasteiger partial charge is 0.223 e. The molecular weight excluding hydrogens is 322 g/mol. The minimum Gasteiger partial charge on any atom is -0.368 e. The van der Waals surface area contributed by atoms with E-state index in [0.717, 1.165) is 62.4 Å². The number of likely N-dealkylation sites (tertiary alicyclic amines) is 1. The fraction of sp³-hybridized carbons (Fsp3) is 0.632. The van der Waals surface area contributed by atoms with Crippen LogP contribution in [0.1, 0.15) is 26.2 Å². The SMILES string of the molecule is C[C@@H]1CCCN(CCC(=O)N2CCN(c3cccc(Cl)c3)CC2)C1. The van der Waals surface area contributed by atoms with E-state index in [1.54, 1.807) is 0 Å². The highest BCUT2D eigenvalue weighted by atomic mass is 35.5. The summed E-state index contributed by atoms with van der Waals surface area (Å²) in [6.07, 6.45) is 3.26. The van der Waals surface area contributed by atoms with E-state index in [2.05, 4.69) is 22.8 Å². The maximum atomic E-state index is 12.5. The van der Waals surface area contributed by atoms with Crippen molar-refractivity contribution in [2.75, 3.05) is 50.7 Å². The van der Waals surface area contributed by atoms with Crippen molar-refractivity contribution in [1.29, 1.82) is 0 Å². The second-order valence-electron chi connectivity index (χ2n) is 7.15. The molecule has 0 unspecified atom stereocenters. The highest BCUT2D eigenvalue weighted by Crippen LogP contribution is 2.21. The number of benzene rings is 1. The third-order valence-electron chi connectivity index (χ3n) is 5.19. The lowest BCUT2D eigenvalue weighted by molar-refractivity contribution is -0.131. The van der Waals surface area contributed by atoms with Gasteiger partial charge >= 0.3 is 0 Å². The number of piperazine rings is 1. The minimum atomic E-state index is 0.305.